The third kappa shape index (κ3) is 51.1. The molecule has 374 valence electrons. The quantitative estimate of drug-likeness (QED) is 0.0262. The van der Waals surface area contributed by atoms with E-state index in [1.807, 2.05) is 12.2 Å². The molecule has 66 heavy (non-hydrogen) atoms. The number of ether oxygens (including phenoxy) is 3. The normalized spacial score (nSPS) is 13.0. The number of carbonyl (C=O) groups is 3. The molecule has 6 heteroatoms. The lowest BCUT2D eigenvalue weighted by Crippen LogP contribution is -2.30. The van der Waals surface area contributed by atoms with Crippen LogP contribution in [0.1, 0.15) is 233 Å². The Labute approximate surface area is 406 Å². The van der Waals surface area contributed by atoms with E-state index in [-0.39, 0.29) is 37.5 Å². The summed E-state index contributed by atoms with van der Waals surface area (Å²) < 4.78 is 16.7. The summed E-state index contributed by atoms with van der Waals surface area (Å²) in [6.07, 6.45) is 72.2. The first-order chi connectivity index (χ1) is 32.5. The number of carbonyl (C=O) groups excluding carboxylic acids is 3. The van der Waals surface area contributed by atoms with Gasteiger partial charge < -0.3 is 14.2 Å². The predicted molar refractivity (Wildman–Crippen MR) is 283 cm³/mol. The van der Waals surface area contributed by atoms with Crippen molar-refractivity contribution in [3.63, 3.8) is 0 Å². The third-order valence-corrected chi connectivity index (χ3v) is 11.0. The van der Waals surface area contributed by atoms with Gasteiger partial charge >= 0.3 is 17.9 Å². The summed E-state index contributed by atoms with van der Waals surface area (Å²) in [5, 5.41) is 0. The molecule has 0 aliphatic heterocycles. The molecular formula is C60H98O6. The summed E-state index contributed by atoms with van der Waals surface area (Å²) in [7, 11) is 0. The van der Waals surface area contributed by atoms with Gasteiger partial charge in [0.1, 0.15) is 13.2 Å². The van der Waals surface area contributed by atoms with E-state index in [2.05, 4.69) is 118 Å². The highest BCUT2D eigenvalue weighted by molar-refractivity contribution is 5.71. The third-order valence-electron chi connectivity index (χ3n) is 11.0. The topological polar surface area (TPSA) is 78.9 Å². The molecule has 0 rings (SSSR count). The minimum Gasteiger partial charge on any atom is -0.462 e. The average molecular weight is 915 g/mol. The van der Waals surface area contributed by atoms with Crippen LogP contribution in [0.25, 0.3) is 0 Å². The van der Waals surface area contributed by atoms with Crippen molar-refractivity contribution in [2.75, 3.05) is 13.2 Å². The Hall–Kier alpha value is -3.93. The molecule has 0 saturated heterocycles. The van der Waals surface area contributed by atoms with E-state index in [1.165, 1.54) is 70.6 Å². The Balaban J connectivity index is 4.55. The number of hydrogen-bond donors (Lipinski definition) is 0. The van der Waals surface area contributed by atoms with Gasteiger partial charge in [-0.3, -0.25) is 14.4 Å². The van der Waals surface area contributed by atoms with Gasteiger partial charge in [0.2, 0.25) is 0 Å². The first-order valence-corrected chi connectivity index (χ1v) is 26.9. The van der Waals surface area contributed by atoms with Crippen molar-refractivity contribution in [1.82, 2.24) is 0 Å². The highest BCUT2D eigenvalue weighted by Crippen LogP contribution is 2.13. The van der Waals surface area contributed by atoms with E-state index in [9.17, 15) is 14.4 Å². The van der Waals surface area contributed by atoms with Crippen LogP contribution in [0.15, 0.2) is 109 Å². The lowest BCUT2D eigenvalue weighted by Gasteiger charge is -2.18. The second-order valence-corrected chi connectivity index (χ2v) is 17.4. The summed E-state index contributed by atoms with van der Waals surface area (Å²) >= 11 is 0. The Morgan fingerprint density at radius 3 is 1.03 bits per heavy atom. The van der Waals surface area contributed by atoms with Gasteiger partial charge in [0.25, 0.3) is 0 Å². The molecule has 0 radical (unpaired) electrons. The van der Waals surface area contributed by atoms with Gasteiger partial charge in [-0.15, -0.1) is 0 Å². The molecule has 0 saturated carbocycles. The van der Waals surface area contributed by atoms with Crippen LogP contribution in [0, 0.1) is 0 Å². The highest BCUT2D eigenvalue weighted by Gasteiger charge is 2.19. The SMILES string of the molecule is CC/C=C\C/C=C\C/C=C\C/C=C\C/C=C\C/C=C\CCC(=O)OCC(COC(=O)CCCCCCC/C=C\CCCCCC)OC(=O)CCCCCCC/C=C\C/C=C\CCCCCC. The first kappa shape index (κ1) is 62.1. The van der Waals surface area contributed by atoms with E-state index in [0.29, 0.717) is 19.3 Å². The fraction of sp³-hybridized carbons (Fsp3) is 0.650. The van der Waals surface area contributed by atoms with Crippen molar-refractivity contribution in [2.45, 2.75) is 239 Å². The Morgan fingerprint density at radius 2 is 0.621 bits per heavy atom. The van der Waals surface area contributed by atoms with Gasteiger partial charge in [-0.1, -0.05) is 207 Å². The van der Waals surface area contributed by atoms with Gasteiger partial charge in [-0.2, -0.15) is 0 Å². The van der Waals surface area contributed by atoms with Crippen molar-refractivity contribution in [2.24, 2.45) is 0 Å². The summed E-state index contributed by atoms with van der Waals surface area (Å²) in [4.78, 5) is 38.0. The molecule has 0 aliphatic rings. The minimum absolute atomic E-state index is 0.113. The average Bonchev–Trinajstić information content (AvgIpc) is 3.31. The fourth-order valence-corrected chi connectivity index (χ4v) is 6.96. The summed E-state index contributed by atoms with van der Waals surface area (Å²) in [6.45, 7) is 6.40. The molecule has 0 N–H and O–H groups in total. The van der Waals surface area contributed by atoms with Crippen molar-refractivity contribution < 1.29 is 28.6 Å². The molecule has 6 nitrogen and oxygen atoms in total. The fourth-order valence-electron chi connectivity index (χ4n) is 6.96. The standard InChI is InChI=1S/C60H98O6/c1-4-7-10-13-16-19-22-25-27-29-30-31-33-35-38-41-44-47-50-53-59(62)65-56-57(55-64-58(61)52-49-46-43-40-37-34-24-21-18-15-12-9-6-3)66-60(63)54-51-48-45-42-39-36-32-28-26-23-20-17-14-11-8-5-2/h7,10,16,19-21,23-25,27-28,30-32,35,38,44,47,57H,4-6,8-9,11-15,17-18,22,26,29,33-34,36-37,39-43,45-46,48-56H2,1-3H3/b10-7-,19-16-,23-20-,24-21-,27-25-,31-30-,32-28-,38-35-,47-44-. The van der Waals surface area contributed by atoms with Crippen LogP contribution in [-0.2, 0) is 28.6 Å². The Morgan fingerprint density at radius 1 is 0.318 bits per heavy atom. The molecule has 0 aromatic rings. The molecule has 0 spiro atoms. The number of hydrogen-bond acceptors (Lipinski definition) is 6. The lowest BCUT2D eigenvalue weighted by molar-refractivity contribution is -0.166. The van der Waals surface area contributed by atoms with Gasteiger partial charge in [0.05, 0.1) is 0 Å². The van der Waals surface area contributed by atoms with Crippen LogP contribution in [0.3, 0.4) is 0 Å². The van der Waals surface area contributed by atoms with Gasteiger partial charge in [0.15, 0.2) is 6.10 Å². The van der Waals surface area contributed by atoms with Crippen molar-refractivity contribution >= 4 is 17.9 Å². The van der Waals surface area contributed by atoms with Crippen LogP contribution < -0.4 is 0 Å². The maximum Gasteiger partial charge on any atom is 0.306 e. The number of rotatable bonds is 47. The van der Waals surface area contributed by atoms with E-state index in [0.717, 1.165) is 116 Å². The maximum atomic E-state index is 12.8. The number of unbranched alkanes of at least 4 members (excludes halogenated alkanes) is 18. The maximum absolute atomic E-state index is 12.8. The molecule has 0 bridgehead atoms. The zero-order valence-corrected chi connectivity index (χ0v) is 42.7. The van der Waals surface area contributed by atoms with Crippen LogP contribution in [0.4, 0.5) is 0 Å². The van der Waals surface area contributed by atoms with E-state index < -0.39 is 6.10 Å². The second kappa shape index (κ2) is 53.7. The van der Waals surface area contributed by atoms with Crippen LogP contribution in [0.2, 0.25) is 0 Å². The smallest absolute Gasteiger partial charge is 0.306 e. The molecule has 0 aromatic carbocycles. The Kier molecular flexibility index (Phi) is 50.5. The van der Waals surface area contributed by atoms with Gasteiger partial charge in [-0.05, 0) is 116 Å². The van der Waals surface area contributed by atoms with Crippen molar-refractivity contribution in [1.29, 1.82) is 0 Å². The molecule has 0 heterocycles. The molecule has 0 aliphatic carbocycles. The van der Waals surface area contributed by atoms with E-state index in [4.69, 9.17) is 14.2 Å². The molecule has 1 unspecified atom stereocenters. The second-order valence-electron chi connectivity index (χ2n) is 17.4. The summed E-state index contributed by atoms with van der Waals surface area (Å²) in [6, 6.07) is 0. The van der Waals surface area contributed by atoms with Crippen molar-refractivity contribution in [3.8, 4) is 0 Å². The number of esters is 3. The highest BCUT2D eigenvalue weighted by atomic mass is 16.6. The van der Waals surface area contributed by atoms with Crippen LogP contribution >= 0.6 is 0 Å². The molecule has 0 amide bonds. The first-order valence-electron chi connectivity index (χ1n) is 26.9. The molecule has 0 fully saturated rings. The van der Waals surface area contributed by atoms with Gasteiger partial charge in [0, 0.05) is 19.3 Å². The monoisotopic (exact) mass is 915 g/mol. The predicted octanol–water partition coefficient (Wildman–Crippen LogP) is 17.9. The molecule has 0 aromatic heterocycles. The summed E-state index contributed by atoms with van der Waals surface area (Å²) in [5.74, 6) is -1.03. The van der Waals surface area contributed by atoms with E-state index >= 15 is 0 Å². The lowest BCUT2D eigenvalue weighted by atomic mass is 10.1. The van der Waals surface area contributed by atoms with Gasteiger partial charge in [-0.25, -0.2) is 0 Å². The largest absolute Gasteiger partial charge is 0.462 e. The minimum atomic E-state index is -0.821. The zero-order valence-electron chi connectivity index (χ0n) is 42.7. The Bertz CT molecular complexity index is 1370. The van der Waals surface area contributed by atoms with E-state index in [1.54, 1.807) is 0 Å². The zero-order chi connectivity index (χ0) is 47.9. The van der Waals surface area contributed by atoms with Crippen molar-refractivity contribution in [3.05, 3.63) is 109 Å². The summed E-state index contributed by atoms with van der Waals surface area (Å²) in [5.41, 5.74) is 0. The molecule has 1 atom stereocenters. The number of allylic oxidation sites excluding steroid dienone is 18. The van der Waals surface area contributed by atoms with Crippen LogP contribution in [0.5, 0.6) is 0 Å². The van der Waals surface area contributed by atoms with Crippen LogP contribution in [-0.4, -0.2) is 37.2 Å². The molecular weight excluding hydrogens is 817 g/mol.